The molecule has 3 aromatic carbocycles. The van der Waals surface area contributed by atoms with Crippen LogP contribution in [0.25, 0.3) is 10.8 Å². The van der Waals surface area contributed by atoms with Crippen LogP contribution in [0.1, 0.15) is 16.0 Å². The molecule has 0 amide bonds. The summed E-state index contributed by atoms with van der Waals surface area (Å²) in [6.07, 6.45) is 0. The largest absolute Gasteiger partial charge is 0.0786 e. The van der Waals surface area contributed by atoms with Gasteiger partial charge in [0.2, 0.25) is 0 Å². The number of fused-ring (bicyclic) bond motifs is 1. The lowest BCUT2D eigenvalue weighted by molar-refractivity contribution is 1.20. The van der Waals surface area contributed by atoms with Crippen LogP contribution in [0.3, 0.4) is 0 Å². The predicted octanol–water partition coefficient (Wildman–Crippen LogP) is 6.09. The molecule has 2 heteroatoms. The second-order valence-corrected chi connectivity index (χ2v) is 6.23. The van der Waals surface area contributed by atoms with Crippen molar-refractivity contribution in [2.45, 2.75) is 4.83 Å². The van der Waals surface area contributed by atoms with Gasteiger partial charge in [-0.25, -0.2) is 0 Å². The summed E-state index contributed by atoms with van der Waals surface area (Å²) in [5.74, 6) is 0. The lowest BCUT2D eigenvalue weighted by Crippen LogP contribution is -1.94. The van der Waals surface area contributed by atoms with E-state index in [0.717, 1.165) is 4.47 Å². The normalized spacial score (nSPS) is 12.5. The van der Waals surface area contributed by atoms with Gasteiger partial charge < -0.3 is 0 Å². The second-order valence-electron chi connectivity index (χ2n) is 4.46. The summed E-state index contributed by atoms with van der Waals surface area (Å²) < 4.78 is 1.14. The maximum absolute atomic E-state index is 3.82. The highest BCUT2D eigenvalue weighted by atomic mass is 79.9. The molecule has 0 aliphatic carbocycles. The van der Waals surface area contributed by atoms with Gasteiger partial charge in [0.05, 0.1) is 4.83 Å². The molecule has 0 saturated carbocycles. The summed E-state index contributed by atoms with van der Waals surface area (Å²) in [7, 11) is 0. The molecule has 0 heterocycles. The molecule has 0 N–H and O–H groups in total. The van der Waals surface area contributed by atoms with E-state index in [1.165, 1.54) is 21.9 Å². The molecule has 3 rings (SSSR count). The van der Waals surface area contributed by atoms with Gasteiger partial charge in [-0.05, 0) is 28.0 Å². The lowest BCUT2D eigenvalue weighted by Gasteiger charge is -2.14. The summed E-state index contributed by atoms with van der Waals surface area (Å²) in [6.45, 7) is 0. The number of hydrogen-bond acceptors (Lipinski definition) is 0. The first kappa shape index (κ1) is 12.9. The molecule has 0 aliphatic rings. The average Bonchev–Trinajstić information content (AvgIpc) is 2.48. The Morgan fingerprint density at radius 2 is 1.32 bits per heavy atom. The number of hydrogen-bond donors (Lipinski definition) is 0. The van der Waals surface area contributed by atoms with E-state index in [-0.39, 0.29) is 4.83 Å². The van der Waals surface area contributed by atoms with Crippen molar-refractivity contribution < 1.29 is 0 Å². The van der Waals surface area contributed by atoms with Crippen molar-refractivity contribution in [2.75, 3.05) is 0 Å². The third-order valence-electron chi connectivity index (χ3n) is 3.27. The van der Waals surface area contributed by atoms with Crippen LogP contribution < -0.4 is 0 Å². The van der Waals surface area contributed by atoms with Gasteiger partial charge in [-0.1, -0.05) is 92.5 Å². The van der Waals surface area contributed by atoms with E-state index in [4.69, 9.17) is 0 Å². The zero-order valence-electron chi connectivity index (χ0n) is 10.2. The third-order valence-corrected chi connectivity index (χ3v) is 4.98. The maximum atomic E-state index is 3.82. The van der Waals surface area contributed by atoms with Crippen LogP contribution in [0.2, 0.25) is 0 Å². The predicted molar refractivity (Wildman–Crippen MR) is 88.9 cm³/mol. The fraction of sp³-hybridized carbons (Fsp3) is 0.0588. The molecule has 0 aromatic heterocycles. The fourth-order valence-electron chi connectivity index (χ4n) is 2.31. The van der Waals surface area contributed by atoms with Gasteiger partial charge in [-0.2, -0.15) is 0 Å². The molecule has 3 aromatic rings. The van der Waals surface area contributed by atoms with Gasteiger partial charge in [0.1, 0.15) is 0 Å². The number of halogens is 2. The van der Waals surface area contributed by atoms with Crippen LogP contribution in [0.5, 0.6) is 0 Å². The smallest absolute Gasteiger partial charge is 0.0650 e. The fourth-order valence-corrected chi connectivity index (χ4v) is 3.49. The zero-order valence-corrected chi connectivity index (χ0v) is 13.4. The Labute approximate surface area is 129 Å². The van der Waals surface area contributed by atoms with Crippen molar-refractivity contribution >= 4 is 42.6 Å². The second kappa shape index (κ2) is 5.48. The zero-order chi connectivity index (χ0) is 13.2. The highest BCUT2D eigenvalue weighted by Gasteiger charge is 2.13. The van der Waals surface area contributed by atoms with Gasteiger partial charge in [0, 0.05) is 4.47 Å². The van der Waals surface area contributed by atoms with Crippen LogP contribution in [-0.2, 0) is 0 Å². The molecule has 0 bridgehead atoms. The van der Waals surface area contributed by atoms with E-state index in [1.807, 2.05) is 6.07 Å². The van der Waals surface area contributed by atoms with Crippen molar-refractivity contribution in [1.29, 1.82) is 0 Å². The van der Waals surface area contributed by atoms with E-state index >= 15 is 0 Å². The van der Waals surface area contributed by atoms with Gasteiger partial charge >= 0.3 is 0 Å². The quantitative estimate of drug-likeness (QED) is 0.475. The van der Waals surface area contributed by atoms with Gasteiger partial charge in [0.15, 0.2) is 0 Å². The van der Waals surface area contributed by atoms with Gasteiger partial charge in [-0.3, -0.25) is 0 Å². The molecule has 0 saturated heterocycles. The van der Waals surface area contributed by atoms with Gasteiger partial charge in [-0.15, -0.1) is 0 Å². The van der Waals surface area contributed by atoms with Crippen LogP contribution in [0.15, 0.2) is 71.2 Å². The summed E-state index contributed by atoms with van der Waals surface area (Å²) in [5, 5.41) is 2.53. The topological polar surface area (TPSA) is 0 Å². The monoisotopic (exact) mass is 374 g/mol. The van der Waals surface area contributed by atoms with Crippen LogP contribution in [0, 0.1) is 0 Å². The Kier molecular flexibility index (Phi) is 3.72. The molecular weight excluding hydrogens is 364 g/mol. The van der Waals surface area contributed by atoms with Crippen molar-refractivity contribution in [2.24, 2.45) is 0 Å². The first-order valence-corrected chi connectivity index (χ1v) is 7.84. The minimum Gasteiger partial charge on any atom is -0.0786 e. The summed E-state index contributed by atoms with van der Waals surface area (Å²) in [4.78, 5) is 0.215. The van der Waals surface area contributed by atoms with Crippen molar-refractivity contribution in [1.82, 2.24) is 0 Å². The lowest BCUT2D eigenvalue weighted by atomic mass is 9.98. The van der Waals surface area contributed by atoms with Crippen molar-refractivity contribution in [3.63, 3.8) is 0 Å². The first-order valence-electron chi connectivity index (χ1n) is 6.13. The Morgan fingerprint density at radius 3 is 2.05 bits per heavy atom. The van der Waals surface area contributed by atoms with E-state index in [0.29, 0.717) is 0 Å². The molecule has 1 unspecified atom stereocenters. The van der Waals surface area contributed by atoms with E-state index < -0.39 is 0 Å². The number of benzene rings is 3. The SMILES string of the molecule is Brc1ccc(C(Br)c2ccccc2)c2ccccc12. The molecule has 19 heavy (non-hydrogen) atoms. The van der Waals surface area contributed by atoms with E-state index in [2.05, 4.69) is 92.5 Å². The first-order chi connectivity index (χ1) is 9.27. The Balaban J connectivity index is 2.18. The third kappa shape index (κ3) is 2.47. The van der Waals surface area contributed by atoms with Gasteiger partial charge in [0.25, 0.3) is 0 Å². The van der Waals surface area contributed by atoms with Crippen molar-refractivity contribution in [3.8, 4) is 0 Å². The molecule has 0 fully saturated rings. The van der Waals surface area contributed by atoms with Crippen LogP contribution in [0.4, 0.5) is 0 Å². The molecular formula is C17H12Br2. The molecule has 0 aliphatic heterocycles. The minimum atomic E-state index is 0.215. The Bertz CT molecular complexity index is 705. The summed E-state index contributed by atoms with van der Waals surface area (Å²) in [5.41, 5.74) is 2.57. The summed E-state index contributed by atoms with van der Waals surface area (Å²) in [6, 6.07) is 23.3. The Morgan fingerprint density at radius 1 is 0.684 bits per heavy atom. The standard InChI is InChI=1S/C17H12Br2/c18-16-11-10-15(13-8-4-5-9-14(13)16)17(19)12-6-2-1-3-7-12/h1-11,17H. The van der Waals surface area contributed by atoms with Crippen LogP contribution >= 0.6 is 31.9 Å². The minimum absolute atomic E-state index is 0.215. The number of rotatable bonds is 2. The molecule has 0 nitrogen and oxygen atoms in total. The highest BCUT2D eigenvalue weighted by molar-refractivity contribution is 9.10. The van der Waals surface area contributed by atoms with E-state index in [1.54, 1.807) is 0 Å². The van der Waals surface area contributed by atoms with E-state index in [9.17, 15) is 0 Å². The Hall–Kier alpha value is -1.12. The molecule has 0 radical (unpaired) electrons. The highest BCUT2D eigenvalue weighted by Crippen LogP contribution is 2.37. The average molecular weight is 376 g/mol. The molecule has 0 spiro atoms. The molecule has 94 valence electrons. The molecule has 1 atom stereocenters. The summed E-state index contributed by atoms with van der Waals surface area (Å²) >= 11 is 7.45. The van der Waals surface area contributed by atoms with Crippen molar-refractivity contribution in [3.05, 3.63) is 82.3 Å². The number of alkyl halides is 1. The van der Waals surface area contributed by atoms with Crippen LogP contribution in [-0.4, -0.2) is 0 Å². The maximum Gasteiger partial charge on any atom is 0.0650 e.